The zero-order valence-electron chi connectivity index (χ0n) is 11.7. The molecule has 2 aliphatic carbocycles. The van der Waals surface area contributed by atoms with Crippen molar-refractivity contribution in [3.63, 3.8) is 0 Å². The average molecular weight is 268 g/mol. The lowest BCUT2D eigenvalue weighted by atomic mass is 9.83. The van der Waals surface area contributed by atoms with Crippen molar-refractivity contribution in [3.05, 3.63) is 0 Å². The lowest BCUT2D eigenvalue weighted by molar-refractivity contribution is -0.145. The zero-order valence-corrected chi connectivity index (χ0v) is 11.7. The van der Waals surface area contributed by atoms with Gasteiger partial charge in [0.2, 0.25) is 5.91 Å². The predicted octanol–water partition coefficient (Wildman–Crippen LogP) is 1.12. The number of aliphatic carboxylic acids is 1. The molecule has 19 heavy (non-hydrogen) atoms. The quantitative estimate of drug-likeness (QED) is 0.696. The summed E-state index contributed by atoms with van der Waals surface area (Å²) in [6.45, 7) is 3.70. The molecule has 0 aromatic heterocycles. The molecule has 108 valence electrons. The highest BCUT2D eigenvalue weighted by Gasteiger charge is 2.52. The summed E-state index contributed by atoms with van der Waals surface area (Å²) in [5, 5.41) is 12.3. The Hall–Kier alpha value is -1.10. The zero-order chi connectivity index (χ0) is 14.2. The van der Waals surface area contributed by atoms with E-state index < -0.39 is 17.4 Å². The van der Waals surface area contributed by atoms with Crippen LogP contribution < -0.4 is 11.1 Å². The molecule has 2 saturated carbocycles. The van der Waals surface area contributed by atoms with Gasteiger partial charge in [-0.3, -0.25) is 9.59 Å². The number of carbonyl (C=O) groups excluding carboxylic acids is 1. The van der Waals surface area contributed by atoms with E-state index in [1.807, 2.05) is 6.92 Å². The number of amides is 1. The Morgan fingerprint density at radius 1 is 1.37 bits per heavy atom. The van der Waals surface area contributed by atoms with Gasteiger partial charge in [0, 0.05) is 6.04 Å². The summed E-state index contributed by atoms with van der Waals surface area (Å²) in [6.07, 6.45) is 4.37. The van der Waals surface area contributed by atoms with Crippen LogP contribution in [0.5, 0.6) is 0 Å². The Morgan fingerprint density at radius 2 is 2.00 bits per heavy atom. The van der Waals surface area contributed by atoms with Crippen molar-refractivity contribution in [2.75, 3.05) is 0 Å². The Labute approximate surface area is 113 Å². The molecule has 5 nitrogen and oxygen atoms in total. The van der Waals surface area contributed by atoms with Crippen molar-refractivity contribution in [2.24, 2.45) is 23.5 Å². The first kappa shape index (κ1) is 14.3. The van der Waals surface area contributed by atoms with Gasteiger partial charge >= 0.3 is 5.97 Å². The van der Waals surface area contributed by atoms with Crippen LogP contribution in [-0.2, 0) is 9.59 Å². The van der Waals surface area contributed by atoms with Crippen LogP contribution in [0.4, 0.5) is 0 Å². The van der Waals surface area contributed by atoms with E-state index in [-0.39, 0.29) is 17.9 Å². The minimum atomic E-state index is -0.903. The maximum absolute atomic E-state index is 12.2. The van der Waals surface area contributed by atoms with Gasteiger partial charge in [-0.2, -0.15) is 0 Å². The van der Waals surface area contributed by atoms with Crippen LogP contribution in [-0.4, -0.2) is 28.6 Å². The van der Waals surface area contributed by atoms with E-state index in [9.17, 15) is 14.7 Å². The molecule has 2 aliphatic rings. The van der Waals surface area contributed by atoms with E-state index in [1.165, 1.54) is 0 Å². The van der Waals surface area contributed by atoms with Crippen molar-refractivity contribution >= 4 is 11.9 Å². The average Bonchev–Trinajstić information content (AvgIpc) is 2.88. The number of nitrogens with one attached hydrogen (secondary N) is 1. The van der Waals surface area contributed by atoms with Crippen LogP contribution in [0.15, 0.2) is 0 Å². The molecule has 5 unspecified atom stereocenters. The fourth-order valence-electron chi connectivity index (χ4n) is 3.80. The molecule has 0 aromatic rings. The van der Waals surface area contributed by atoms with Crippen molar-refractivity contribution in [3.8, 4) is 0 Å². The second kappa shape index (κ2) is 5.12. The predicted molar refractivity (Wildman–Crippen MR) is 71.4 cm³/mol. The largest absolute Gasteiger partial charge is 0.481 e. The number of fused-ring (bicyclic) bond motifs is 2. The van der Waals surface area contributed by atoms with Gasteiger partial charge in [-0.1, -0.05) is 13.3 Å². The molecule has 0 heterocycles. The van der Waals surface area contributed by atoms with Gasteiger partial charge in [0.15, 0.2) is 0 Å². The first-order valence-electron chi connectivity index (χ1n) is 7.19. The molecule has 4 N–H and O–H groups in total. The molecular weight excluding hydrogens is 244 g/mol. The van der Waals surface area contributed by atoms with Crippen molar-refractivity contribution in [2.45, 2.75) is 57.5 Å². The number of carboxylic acids is 1. The van der Waals surface area contributed by atoms with Crippen molar-refractivity contribution in [1.82, 2.24) is 5.32 Å². The van der Waals surface area contributed by atoms with Gasteiger partial charge in [-0.15, -0.1) is 0 Å². The van der Waals surface area contributed by atoms with Gasteiger partial charge < -0.3 is 16.2 Å². The molecule has 0 spiro atoms. The molecule has 0 aromatic carbocycles. The highest BCUT2D eigenvalue weighted by Crippen LogP contribution is 2.48. The summed E-state index contributed by atoms with van der Waals surface area (Å²) in [6, 6.07) is -0.233. The maximum Gasteiger partial charge on any atom is 0.308 e. The molecule has 0 radical (unpaired) electrons. The maximum atomic E-state index is 12.2. The second-order valence-electron chi connectivity index (χ2n) is 6.36. The Kier molecular flexibility index (Phi) is 3.85. The van der Waals surface area contributed by atoms with Gasteiger partial charge in [-0.05, 0) is 44.4 Å². The summed E-state index contributed by atoms with van der Waals surface area (Å²) in [5.74, 6) is -0.888. The second-order valence-corrected chi connectivity index (χ2v) is 6.36. The van der Waals surface area contributed by atoms with E-state index in [2.05, 4.69) is 5.32 Å². The Morgan fingerprint density at radius 3 is 2.58 bits per heavy atom. The summed E-state index contributed by atoms with van der Waals surface area (Å²) in [7, 11) is 0. The molecule has 0 aliphatic heterocycles. The SMILES string of the molecule is CCCC(C)(N)C(=O)NC1C2CCC(C2)C1C(=O)O. The molecule has 2 bridgehead atoms. The molecule has 0 saturated heterocycles. The third-order valence-corrected chi connectivity index (χ3v) is 4.79. The van der Waals surface area contributed by atoms with Crippen LogP contribution in [0.3, 0.4) is 0 Å². The van der Waals surface area contributed by atoms with Gasteiger partial charge in [0.25, 0.3) is 0 Å². The van der Waals surface area contributed by atoms with Gasteiger partial charge in [0.1, 0.15) is 0 Å². The minimum absolute atomic E-state index is 0.210. The lowest BCUT2D eigenvalue weighted by Crippen LogP contribution is -2.57. The lowest BCUT2D eigenvalue weighted by Gasteiger charge is -2.32. The molecule has 2 fully saturated rings. The van der Waals surface area contributed by atoms with E-state index >= 15 is 0 Å². The van der Waals surface area contributed by atoms with Crippen LogP contribution in [0.2, 0.25) is 0 Å². The summed E-state index contributed by atoms with van der Waals surface area (Å²) in [5.41, 5.74) is 5.11. The highest BCUT2D eigenvalue weighted by molar-refractivity contribution is 5.86. The van der Waals surface area contributed by atoms with E-state index in [4.69, 9.17) is 5.73 Å². The number of rotatable bonds is 5. The molecular formula is C14H24N2O3. The summed E-state index contributed by atoms with van der Waals surface area (Å²) in [4.78, 5) is 23.6. The minimum Gasteiger partial charge on any atom is -0.481 e. The van der Waals surface area contributed by atoms with E-state index in [0.717, 1.165) is 25.7 Å². The fraction of sp³-hybridized carbons (Fsp3) is 0.857. The molecule has 5 atom stereocenters. The third kappa shape index (κ3) is 2.61. The van der Waals surface area contributed by atoms with Crippen LogP contribution in [0.25, 0.3) is 0 Å². The fourth-order valence-corrected chi connectivity index (χ4v) is 3.80. The van der Waals surface area contributed by atoms with Crippen LogP contribution in [0.1, 0.15) is 46.0 Å². The smallest absolute Gasteiger partial charge is 0.308 e. The molecule has 1 amide bonds. The molecule has 2 rings (SSSR count). The first-order chi connectivity index (χ1) is 8.86. The number of hydrogen-bond acceptors (Lipinski definition) is 3. The van der Waals surface area contributed by atoms with Gasteiger partial charge in [-0.25, -0.2) is 0 Å². The first-order valence-corrected chi connectivity index (χ1v) is 7.19. The number of nitrogens with two attached hydrogens (primary N) is 1. The van der Waals surface area contributed by atoms with E-state index in [1.54, 1.807) is 6.92 Å². The Balaban J connectivity index is 2.05. The topological polar surface area (TPSA) is 92.4 Å². The van der Waals surface area contributed by atoms with Gasteiger partial charge in [0.05, 0.1) is 11.5 Å². The van der Waals surface area contributed by atoms with Crippen molar-refractivity contribution in [1.29, 1.82) is 0 Å². The Bertz CT molecular complexity index is 381. The highest BCUT2D eigenvalue weighted by atomic mass is 16.4. The number of carboxylic acid groups (broad SMARTS) is 1. The number of hydrogen-bond donors (Lipinski definition) is 3. The van der Waals surface area contributed by atoms with Crippen LogP contribution in [0, 0.1) is 17.8 Å². The molecule has 5 heteroatoms. The summed E-state index contributed by atoms with van der Waals surface area (Å²) >= 11 is 0. The number of carbonyl (C=O) groups is 2. The van der Waals surface area contributed by atoms with E-state index in [0.29, 0.717) is 12.3 Å². The normalized spacial score (nSPS) is 35.9. The summed E-state index contributed by atoms with van der Waals surface area (Å²) < 4.78 is 0. The monoisotopic (exact) mass is 268 g/mol. The third-order valence-electron chi connectivity index (χ3n) is 4.79. The standard InChI is InChI=1S/C14H24N2O3/c1-3-6-14(2,15)13(19)16-11-9-5-4-8(7-9)10(11)12(17)18/h8-11H,3-7,15H2,1-2H3,(H,16,19)(H,17,18). The van der Waals surface area contributed by atoms with Crippen molar-refractivity contribution < 1.29 is 14.7 Å². The van der Waals surface area contributed by atoms with Crippen LogP contribution >= 0.6 is 0 Å².